The van der Waals surface area contributed by atoms with Gasteiger partial charge in [-0.25, -0.2) is 4.39 Å². The van der Waals surface area contributed by atoms with Gasteiger partial charge in [-0.1, -0.05) is 24.4 Å². The average Bonchev–Trinajstić information content (AvgIpc) is 2.41. The van der Waals surface area contributed by atoms with Crippen LogP contribution in [-0.2, 0) is 0 Å². The van der Waals surface area contributed by atoms with Crippen LogP contribution >= 0.6 is 11.6 Å². The van der Waals surface area contributed by atoms with E-state index in [9.17, 15) is 14.3 Å². The van der Waals surface area contributed by atoms with Crippen LogP contribution < -0.4 is 0 Å². The molecule has 0 aliphatic heterocycles. The minimum Gasteiger partial charge on any atom is -0.391 e. The van der Waals surface area contributed by atoms with Gasteiger partial charge in [0.15, 0.2) is 0 Å². The summed E-state index contributed by atoms with van der Waals surface area (Å²) in [5.74, 6) is -0.786. The molecular weight excluding hydrogens is 269 g/mol. The zero-order valence-corrected chi connectivity index (χ0v) is 11.5. The van der Waals surface area contributed by atoms with Crippen molar-refractivity contribution in [3.05, 3.63) is 34.6 Å². The Kier molecular flexibility index (Phi) is 4.42. The first-order valence-electron chi connectivity index (χ1n) is 6.41. The van der Waals surface area contributed by atoms with Crippen molar-refractivity contribution in [1.82, 2.24) is 4.90 Å². The average molecular weight is 286 g/mol. The van der Waals surface area contributed by atoms with E-state index in [-0.39, 0.29) is 17.0 Å². The van der Waals surface area contributed by atoms with Crippen LogP contribution in [-0.4, -0.2) is 35.1 Å². The van der Waals surface area contributed by atoms with Crippen LogP contribution in [0, 0.1) is 5.82 Å². The van der Waals surface area contributed by atoms with Gasteiger partial charge in [-0.15, -0.1) is 0 Å². The van der Waals surface area contributed by atoms with Gasteiger partial charge < -0.3 is 10.0 Å². The van der Waals surface area contributed by atoms with Crippen LogP contribution in [0.2, 0.25) is 5.02 Å². The van der Waals surface area contributed by atoms with Crippen molar-refractivity contribution in [2.45, 2.75) is 37.8 Å². The van der Waals surface area contributed by atoms with Crippen LogP contribution in [0.4, 0.5) is 4.39 Å². The number of halogens is 2. The molecule has 0 spiro atoms. The highest BCUT2D eigenvalue weighted by molar-refractivity contribution is 6.31. The molecule has 1 aliphatic carbocycles. The van der Waals surface area contributed by atoms with E-state index < -0.39 is 11.9 Å². The quantitative estimate of drug-likeness (QED) is 0.908. The Bertz CT molecular complexity index is 481. The molecule has 2 rings (SSSR count). The number of hydrogen-bond donors (Lipinski definition) is 1. The van der Waals surface area contributed by atoms with Crippen LogP contribution in [0.5, 0.6) is 0 Å². The van der Waals surface area contributed by atoms with Gasteiger partial charge in [0.05, 0.1) is 17.2 Å². The predicted molar refractivity (Wildman–Crippen MR) is 71.8 cm³/mol. The molecule has 0 bridgehead atoms. The molecule has 104 valence electrons. The summed E-state index contributed by atoms with van der Waals surface area (Å²) in [6.45, 7) is 0. The molecule has 1 aromatic carbocycles. The van der Waals surface area contributed by atoms with Crippen LogP contribution in [0.15, 0.2) is 18.2 Å². The van der Waals surface area contributed by atoms with Crippen molar-refractivity contribution in [2.24, 2.45) is 0 Å². The fourth-order valence-electron chi connectivity index (χ4n) is 2.53. The maximum Gasteiger partial charge on any atom is 0.253 e. The number of likely N-dealkylation sites (N-methyl/N-ethyl adjacent to an activating group) is 1. The number of amides is 1. The van der Waals surface area contributed by atoms with Crippen molar-refractivity contribution in [3.8, 4) is 0 Å². The minimum atomic E-state index is -0.543. The molecule has 19 heavy (non-hydrogen) atoms. The molecular formula is C14H17ClFNO2. The maximum atomic E-state index is 13.1. The number of hydrogen-bond acceptors (Lipinski definition) is 2. The molecule has 1 aromatic rings. The predicted octanol–water partition coefficient (Wildman–Crippen LogP) is 2.85. The summed E-state index contributed by atoms with van der Waals surface area (Å²) < 4.78 is 13.1. The van der Waals surface area contributed by atoms with Gasteiger partial charge >= 0.3 is 0 Å². The van der Waals surface area contributed by atoms with E-state index in [1.54, 1.807) is 7.05 Å². The highest BCUT2D eigenvalue weighted by atomic mass is 35.5. The molecule has 2 unspecified atom stereocenters. The van der Waals surface area contributed by atoms with E-state index in [1.165, 1.54) is 23.1 Å². The Morgan fingerprint density at radius 2 is 2.11 bits per heavy atom. The van der Waals surface area contributed by atoms with Crippen LogP contribution in [0.25, 0.3) is 0 Å². The number of carbonyl (C=O) groups is 1. The molecule has 1 aliphatic rings. The Labute approximate surface area is 117 Å². The lowest BCUT2D eigenvalue weighted by Crippen LogP contribution is -2.46. The lowest BCUT2D eigenvalue weighted by Gasteiger charge is -2.35. The Balaban J connectivity index is 2.15. The second-order valence-corrected chi connectivity index (χ2v) is 5.37. The van der Waals surface area contributed by atoms with Gasteiger partial charge in [0.2, 0.25) is 0 Å². The lowest BCUT2D eigenvalue weighted by atomic mass is 9.91. The zero-order chi connectivity index (χ0) is 14.0. The fraction of sp³-hybridized carbons (Fsp3) is 0.500. The Morgan fingerprint density at radius 3 is 2.74 bits per heavy atom. The first-order valence-corrected chi connectivity index (χ1v) is 6.79. The highest BCUT2D eigenvalue weighted by Gasteiger charge is 2.29. The van der Waals surface area contributed by atoms with Gasteiger partial charge in [0.25, 0.3) is 5.91 Å². The SMILES string of the molecule is CN(C(=O)c1ccc(F)c(Cl)c1)C1CCCCC1O. The van der Waals surface area contributed by atoms with Crippen molar-refractivity contribution >= 4 is 17.5 Å². The summed E-state index contributed by atoms with van der Waals surface area (Å²) in [5, 5.41) is 9.89. The number of rotatable bonds is 2. The molecule has 0 saturated heterocycles. The van der Waals surface area contributed by atoms with Crippen molar-refractivity contribution in [1.29, 1.82) is 0 Å². The fourth-order valence-corrected chi connectivity index (χ4v) is 2.71. The summed E-state index contributed by atoms with van der Waals surface area (Å²) in [5.41, 5.74) is 0.340. The second kappa shape index (κ2) is 5.88. The third kappa shape index (κ3) is 3.07. The summed E-state index contributed by atoms with van der Waals surface area (Å²) in [6, 6.07) is 3.74. The topological polar surface area (TPSA) is 40.5 Å². The van der Waals surface area contributed by atoms with Gasteiger partial charge in [0, 0.05) is 12.6 Å². The van der Waals surface area contributed by atoms with E-state index in [0.717, 1.165) is 19.3 Å². The third-order valence-electron chi connectivity index (χ3n) is 3.68. The van der Waals surface area contributed by atoms with Crippen LogP contribution in [0.3, 0.4) is 0 Å². The lowest BCUT2D eigenvalue weighted by molar-refractivity contribution is 0.0268. The van der Waals surface area contributed by atoms with E-state index in [2.05, 4.69) is 0 Å². The molecule has 3 nitrogen and oxygen atoms in total. The maximum absolute atomic E-state index is 13.1. The number of nitrogens with zero attached hydrogens (tertiary/aromatic N) is 1. The van der Waals surface area contributed by atoms with Gasteiger partial charge in [-0.2, -0.15) is 0 Å². The molecule has 1 saturated carbocycles. The standard InChI is InChI=1S/C14H17ClFNO2/c1-17(12-4-2-3-5-13(12)18)14(19)9-6-7-11(16)10(15)8-9/h6-8,12-13,18H,2-5H2,1H3. The Hall–Kier alpha value is -1.13. The van der Waals surface area contributed by atoms with Crippen molar-refractivity contribution in [3.63, 3.8) is 0 Å². The molecule has 1 amide bonds. The zero-order valence-electron chi connectivity index (χ0n) is 10.8. The van der Waals surface area contributed by atoms with E-state index >= 15 is 0 Å². The van der Waals surface area contributed by atoms with E-state index in [4.69, 9.17) is 11.6 Å². The van der Waals surface area contributed by atoms with E-state index in [0.29, 0.717) is 12.0 Å². The number of aliphatic hydroxyl groups is 1. The molecule has 0 aromatic heterocycles. The van der Waals surface area contributed by atoms with Gasteiger partial charge in [-0.3, -0.25) is 4.79 Å². The van der Waals surface area contributed by atoms with Gasteiger partial charge in [0.1, 0.15) is 5.82 Å². The third-order valence-corrected chi connectivity index (χ3v) is 3.97. The summed E-state index contributed by atoms with van der Waals surface area (Å²) >= 11 is 5.68. The monoisotopic (exact) mass is 285 g/mol. The van der Waals surface area contributed by atoms with E-state index in [1.807, 2.05) is 0 Å². The molecule has 0 heterocycles. The van der Waals surface area contributed by atoms with Crippen LogP contribution in [0.1, 0.15) is 36.0 Å². The number of aliphatic hydroxyl groups excluding tert-OH is 1. The summed E-state index contributed by atoms with van der Waals surface area (Å²) in [4.78, 5) is 13.8. The number of carbonyl (C=O) groups excluding carboxylic acids is 1. The highest BCUT2D eigenvalue weighted by Crippen LogP contribution is 2.24. The van der Waals surface area contributed by atoms with Crippen molar-refractivity contribution < 1.29 is 14.3 Å². The largest absolute Gasteiger partial charge is 0.391 e. The minimum absolute atomic E-state index is 0.0663. The van der Waals surface area contributed by atoms with Gasteiger partial charge in [-0.05, 0) is 31.0 Å². The normalized spacial score (nSPS) is 23.2. The summed E-state index contributed by atoms with van der Waals surface area (Å²) in [7, 11) is 1.67. The number of benzene rings is 1. The molecule has 0 radical (unpaired) electrons. The Morgan fingerprint density at radius 1 is 1.42 bits per heavy atom. The first kappa shape index (κ1) is 14.3. The molecule has 1 fully saturated rings. The van der Waals surface area contributed by atoms with Crippen molar-refractivity contribution in [2.75, 3.05) is 7.05 Å². The summed E-state index contributed by atoms with van der Waals surface area (Å²) in [6.07, 6.45) is 3.01. The smallest absolute Gasteiger partial charge is 0.253 e. The second-order valence-electron chi connectivity index (χ2n) is 4.96. The molecule has 5 heteroatoms. The molecule has 2 atom stereocenters. The molecule has 1 N–H and O–H groups in total. The first-order chi connectivity index (χ1) is 9.00.